The molecular weight excluding hydrogens is 374 g/mol. The first-order chi connectivity index (χ1) is 12.2. The van der Waals surface area contributed by atoms with Gasteiger partial charge in [-0.05, 0) is 25.1 Å². The van der Waals surface area contributed by atoms with Gasteiger partial charge in [0.2, 0.25) is 0 Å². The predicted octanol–water partition coefficient (Wildman–Crippen LogP) is 3.71. The van der Waals surface area contributed by atoms with Crippen LogP contribution in [0.2, 0.25) is 5.02 Å². The van der Waals surface area contributed by atoms with Crippen LogP contribution in [0.25, 0.3) is 0 Å². The Kier molecular flexibility index (Phi) is 5.83. The minimum absolute atomic E-state index is 0.0367. The molecule has 2 aromatic carbocycles. The van der Waals surface area contributed by atoms with Gasteiger partial charge >= 0.3 is 5.97 Å². The van der Waals surface area contributed by atoms with Gasteiger partial charge < -0.3 is 10.1 Å². The zero-order chi connectivity index (χ0) is 19.4. The van der Waals surface area contributed by atoms with Gasteiger partial charge in [0, 0.05) is 18.2 Å². The van der Waals surface area contributed by atoms with Gasteiger partial charge in [0.05, 0.1) is 21.2 Å². The highest BCUT2D eigenvalue weighted by molar-refractivity contribution is 6.33. The number of non-ortho nitro benzene ring substituents is 1. The number of amides is 1. The van der Waals surface area contributed by atoms with Crippen LogP contribution in [0.4, 0.5) is 20.2 Å². The number of nitrogens with one attached hydrogen (secondary N) is 1. The molecule has 1 amide bonds. The fraction of sp³-hybridized carbons (Fsp3) is 0.125. The summed E-state index contributed by atoms with van der Waals surface area (Å²) in [6.45, 7) is 1.22. The molecule has 1 atom stereocenters. The number of nitrogens with zero attached hydrogens (tertiary/aromatic N) is 1. The minimum Gasteiger partial charge on any atom is -0.449 e. The molecule has 0 fully saturated rings. The van der Waals surface area contributed by atoms with Crippen molar-refractivity contribution in [3.8, 4) is 0 Å². The summed E-state index contributed by atoms with van der Waals surface area (Å²) >= 11 is 5.86. The summed E-state index contributed by atoms with van der Waals surface area (Å²) < 4.78 is 31.1. The molecule has 0 saturated heterocycles. The lowest BCUT2D eigenvalue weighted by Crippen LogP contribution is -2.30. The van der Waals surface area contributed by atoms with Crippen molar-refractivity contribution in [3.63, 3.8) is 0 Å². The molecule has 10 heteroatoms. The van der Waals surface area contributed by atoms with E-state index in [1.165, 1.54) is 13.0 Å². The van der Waals surface area contributed by atoms with Crippen molar-refractivity contribution < 1.29 is 28.0 Å². The lowest BCUT2D eigenvalue weighted by Gasteiger charge is -2.14. The molecule has 0 aliphatic heterocycles. The van der Waals surface area contributed by atoms with E-state index in [-0.39, 0.29) is 16.4 Å². The number of ether oxygens (including phenoxy) is 1. The predicted molar refractivity (Wildman–Crippen MR) is 88.0 cm³/mol. The molecule has 2 aromatic rings. The maximum atomic E-state index is 13.1. The number of hydrogen-bond donors (Lipinski definition) is 1. The zero-order valence-electron chi connectivity index (χ0n) is 13.2. The average Bonchev–Trinajstić information content (AvgIpc) is 2.55. The smallest absolute Gasteiger partial charge is 0.339 e. The monoisotopic (exact) mass is 384 g/mol. The van der Waals surface area contributed by atoms with Crippen molar-refractivity contribution in [3.05, 3.63) is 68.7 Å². The summed E-state index contributed by atoms with van der Waals surface area (Å²) in [7, 11) is 0. The maximum absolute atomic E-state index is 13.1. The van der Waals surface area contributed by atoms with Crippen molar-refractivity contribution in [1.82, 2.24) is 0 Å². The van der Waals surface area contributed by atoms with Gasteiger partial charge in [-0.25, -0.2) is 13.6 Å². The number of carbonyl (C=O) groups excluding carboxylic acids is 2. The lowest BCUT2D eigenvalue weighted by molar-refractivity contribution is -0.384. The Hall–Kier alpha value is -3.07. The Balaban J connectivity index is 2.09. The molecular formula is C16H11ClF2N2O5. The molecule has 0 aliphatic carbocycles. The summed E-state index contributed by atoms with van der Waals surface area (Å²) in [5, 5.41) is 13.1. The van der Waals surface area contributed by atoms with Crippen molar-refractivity contribution >= 4 is 34.9 Å². The molecule has 0 spiro atoms. The van der Waals surface area contributed by atoms with Gasteiger partial charge in [0.25, 0.3) is 11.6 Å². The summed E-state index contributed by atoms with van der Waals surface area (Å²) in [6, 6.07) is 5.51. The van der Waals surface area contributed by atoms with Crippen LogP contribution < -0.4 is 5.32 Å². The van der Waals surface area contributed by atoms with Crippen LogP contribution >= 0.6 is 11.6 Å². The number of hydrogen-bond acceptors (Lipinski definition) is 5. The highest BCUT2D eigenvalue weighted by atomic mass is 35.5. The Morgan fingerprint density at radius 3 is 2.38 bits per heavy atom. The summed E-state index contributed by atoms with van der Waals surface area (Å²) in [6.07, 6.45) is -1.36. The maximum Gasteiger partial charge on any atom is 0.339 e. The first kappa shape index (κ1) is 19.3. The van der Waals surface area contributed by atoms with Gasteiger partial charge in [0.1, 0.15) is 11.6 Å². The summed E-state index contributed by atoms with van der Waals surface area (Å²) in [5.41, 5.74) is -0.759. The van der Waals surface area contributed by atoms with Crippen LogP contribution in [-0.4, -0.2) is 22.9 Å². The fourth-order valence-corrected chi connectivity index (χ4v) is 2.08. The Labute approximate surface area is 150 Å². The number of esters is 1. The van der Waals surface area contributed by atoms with Crippen LogP contribution in [0.15, 0.2) is 36.4 Å². The Morgan fingerprint density at radius 1 is 1.19 bits per heavy atom. The van der Waals surface area contributed by atoms with E-state index in [1.54, 1.807) is 0 Å². The van der Waals surface area contributed by atoms with E-state index in [9.17, 15) is 28.5 Å². The van der Waals surface area contributed by atoms with Crippen LogP contribution in [-0.2, 0) is 9.53 Å². The van der Waals surface area contributed by atoms with E-state index in [4.69, 9.17) is 16.3 Å². The molecule has 1 unspecified atom stereocenters. The quantitative estimate of drug-likeness (QED) is 0.481. The topological polar surface area (TPSA) is 98.5 Å². The third-order valence-corrected chi connectivity index (χ3v) is 3.50. The first-order valence-electron chi connectivity index (χ1n) is 7.09. The SMILES string of the molecule is CC(OC(=O)c1cc(F)cc(F)c1)C(=O)Nc1cc([N+](=O)[O-])ccc1Cl. The summed E-state index contributed by atoms with van der Waals surface area (Å²) in [4.78, 5) is 34.0. The van der Waals surface area contributed by atoms with E-state index in [2.05, 4.69) is 5.32 Å². The molecule has 0 bridgehead atoms. The van der Waals surface area contributed by atoms with Crippen molar-refractivity contribution in [2.75, 3.05) is 5.32 Å². The second-order valence-corrected chi connectivity index (χ2v) is 5.52. The van der Waals surface area contributed by atoms with E-state index >= 15 is 0 Å². The molecule has 136 valence electrons. The van der Waals surface area contributed by atoms with Crippen LogP contribution in [0.1, 0.15) is 17.3 Å². The number of nitro groups is 1. The number of benzene rings is 2. The Bertz CT molecular complexity index is 871. The van der Waals surface area contributed by atoms with E-state index in [0.717, 1.165) is 24.3 Å². The highest BCUT2D eigenvalue weighted by Gasteiger charge is 2.21. The van der Waals surface area contributed by atoms with E-state index < -0.39 is 40.1 Å². The fourth-order valence-electron chi connectivity index (χ4n) is 1.91. The summed E-state index contributed by atoms with van der Waals surface area (Å²) in [5.74, 6) is -3.90. The molecule has 1 N–H and O–H groups in total. The third kappa shape index (κ3) is 4.73. The number of nitro benzene ring substituents is 1. The highest BCUT2D eigenvalue weighted by Crippen LogP contribution is 2.27. The van der Waals surface area contributed by atoms with Crippen LogP contribution in [0, 0.1) is 21.7 Å². The lowest BCUT2D eigenvalue weighted by atomic mass is 10.2. The second kappa shape index (κ2) is 7.87. The van der Waals surface area contributed by atoms with Gasteiger partial charge in [-0.15, -0.1) is 0 Å². The van der Waals surface area contributed by atoms with Crippen molar-refractivity contribution in [1.29, 1.82) is 0 Å². The van der Waals surface area contributed by atoms with Gasteiger partial charge in [-0.1, -0.05) is 11.6 Å². The standard InChI is InChI=1S/C16H11ClF2N2O5/c1-8(26-16(23)9-4-10(18)6-11(19)5-9)15(22)20-14-7-12(21(24)25)2-3-13(14)17/h2-8H,1H3,(H,20,22). The van der Waals surface area contributed by atoms with Crippen molar-refractivity contribution in [2.45, 2.75) is 13.0 Å². The van der Waals surface area contributed by atoms with E-state index in [0.29, 0.717) is 6.07 Å². The average molecular weight is 385 g/mol. The van der Waals surface area contributed by atoms with Gasteiger partial charge in [0.15, 0.2) is 6.10 Å². The van der Waals surface area contributed by atoms with Crippen LogP contribution in [0.3, 0.4) is 0 Å². The molecule has 26 heavy (non-hydrogen) atoms. The molecule has 0 saturated carbocycles. The molecule has 0 heterocycles. The zero-order valence-corrected chi connectivity index (χ0v) is 13.9. The first-order valence-corrected chi connectivity index (χ1v) is 7.47. The molecule has 0 aromatic heterocycles. The largest absolute Gasteiger partial charge is 0.449 e. The number of anilines is 1. The van der Waals surface area contributed by atoms with Crippen LogP contribution in [0.5, 0.6) is 0 Å². The minimum atomic E-state index is -1.36. The van der Waals surface area contributed by atoms with Gasteiger partial charge in [-0.3, -0.25) is 14.9 Å². The Morgan fingerprint density at radius 2 is 1.81 bits per heavy atom. The number of carbonyl (C=O) groups is 2. The van der Waals surface area contributed by atoms with Gasteiger partial charge in [-0.2, -0.15) is 0 Å². The molecule has 2 rings (SSSR count). The molecule has 0 radical (unpaired) electrons. The second-order valence-electron chi connectivity index (χ2n) is 5.12. The molecule has 7 nitrogen and oxygen atoms in total. The third-order valence-electron chi connectivity index (χ3n) is 3.17. The van der Waals surface area contributed by atoms with E-state index in [1.807, 2.05) is 0 Å². The number of rotatable bonds is 5. The normalized spacial score (nSPS) is 11.5. The number of halogens is 3. The molecule has 0 aliphatic rings. The van der Waals surface area contributed by atoms with Crippen molar-refractivity contribution in [2.24, 2.45) is 0 Å².